The molecule has 0 amide bonds. The van der Waals surface area contributed by atoms with Gasteiger partial charge in [0.05, 0.1) is 19.8 Å². The van der Waals surface area contributed by atoms with Crippen molar-refractivity contribution < 1.29 is 14.0 Å². The molecule has 0 saturated heterocycles. The average molecular weight is 269 g/mol. The molecule has 1 unspecified atom stereocenters. The number of ether oxygens (including phenoxy) is 2. The van der Waals surface area contributed by atoms with Crippen molar-refractivity contribution in [3.63, 3.8) is 0 Å². The van der Waals surface area contributed by atoms with E-state index in [2.05, 4.69) is 10.1 Å². The van der Waals surface area contributed by atoms with Crippen LogP contribution in [0.1, 0.15) is 18.8 Å². The van der Waals surface area contributed by atoms with E-state index in [9.17, 15) is 0 Å². The van der Waals surface area contributed by atoms with Gasteiger partial charge in [0.15, 0.2) is 5.82 Å². The summed E-state index contributed by atoms with van der Waals surface area (Å²) >= 11 is 1.48. The zero-order chi connectivity index (χ0) is 13.0. The number of methoxy groups -OCH3 is 1. The fraction of sp³-hybridized carbons (Fsp3) is 0.455. The van der Waals surface area contributed by atoms with Crippen LogP contribution >= 0.6 is 11.3 Å². The smallest absolute Gasteiger partial charge is 0.271 e. The van der Waals surface area contributed by atoms with Gasteiger partial charge in [0, 0.05) is 6.61 Å². The van der Waals surface area contributed by atoms with E-state index in [4.69, 9.17) is 19.7 Å². The van der Waals surface area contributed by atoms with Gasteiger partial charge in [-0.05, 0) is 18.4 Å². The van der Waals surface area contributed by atoms with E-state index in [0.29, 0.717) is 30.7 Å². The lowest BCUT2D eigenvalue weighted by atomic mass is 10.3. The van der Waals surface area contributed by atoms with E-state index in [1.807, 2.05) is 18.4 Å². The first-order chi connectivity index (χ1) is 8.76. The molecule has 2 aromatic heterocycles. The number of aromatic nitrogens is 2. The van der Waals surface area contributed by atoms with Crippen LogP contribution in [0.5, 0.6) is 5.75 Å². The van der Waals surface area contributed by atoms with Crippen LogP contribution in [0.25, 0.3) is 10.8 Å². The summed E-state index contributed by atoms with van der Waals surface area (Å²) in [7, 11) is 1.60. The highest BCUT2D eigenvalue weighted by molar-refractivity contribution is 7.13. The third-order valence-corrected chi connectivity index (χ3v) is 3.20. The molecule has 2 N–H and O–H groups in total. The highest BCUT2D eigenvalue weighted by Gasteiger charge is 2.18. The summed E-state index contributed by atoms with van der Waals surface area (Å²) in [4.78, 5) is 5.07. The summed E-state index contributed by atoms with van der Waals surface area (Å²) in [5, 5.41) is 5.76. The molecule has 1 atom stereocenters. The maximum absolute atomic E-state index is 5.88. The molecule has 2 aromatic rings. The van der Waals surface area contributed by atoms with Crippen molar-refractivity contribution >= 4 is 11.3 Å². The standard InChI is InChI=1S/C11H15N3O3S/c1-3-16-6-7(12)10-13-11(17-14-10)9-8(15-2)4-5-18-9/h4-5,7H,3,6,12H2,1-2H3. The van der Waals surface area contributed by atoms with E-state index in [-0.39, 0.29) is 6.04 Å². The normalized spacial score (nSPS) is 12.6. The number of thiophene rings is 1. The van der Waals surface area contributed by atoms with Gasteiger partial charge in [-0.25, -0.2) is 0 Å². The summed E-state index contributed by atoms with van der Waals surface area (Å²) < 4.78 is 15.6. The molecule has 0 aliphatic heterocycles. The van der Waals surface area contributed by atoms with Crippen LogP contribution in [-0.4, -0.2) is 30.5 Å². The van der Waals surface area contributed by atoms with Gasteiger partial charge in [-0.3, -0.25) is 0 Å². The summed E-state index contributed by atoms with van der Waals surface area (Å²) in [5.74, 6) is 1.58. The third kappa shape index (κ3) is 2.69. The van der Waals surface area contributed by atoms with Crippen molar-refractivity contribution in [2.45, 2.75) is 13.0 Å². The topological polar surface area (TPSA) is 83.4 Å². The predicted molar refractivity (Wildman–Crippen MR) is 67.6 cm³/mol. The Labute approximate surface area is 109 Å². The fourth-order valence-corrected chi connectivity index (χ4v) is 2.19. The Morgan fingerprint density at radius 2 is 2.39 bits per heavy atom. The zero-order valence-electron chi connectivity index (χ0n) is 10.3. The maximum atomic E-state index is 5.88. The van der Waals surface area contributed by atoms with Crippen LogP contribution < -0.4 is 10.5 Å². The second-order valence-corrected chi connectivity index (χ2v) is 4.46. The molecule has 0 bridgehead atoms. The quantitative estimate of drug-likeness (QED) is 0.861. The lowest BCUT2D eigenvalue weighted by molar-refractivity contribution is 0.130. The largest absolute Gasteiger partial charge is 0.495 e. The lowest BCUT2D eigenvalue weighted by Crippen LogP contribution is -2.18. The molecule has 0 radical (unpaired) electrons. The molecule has 0 saturated carbocycles. The second-order valence-electron chi connectivity index (χ2n) is 3.54. The Kier molecular flexibility index (Phi) is 4.29. The van der Waals surface area contributed by atoms with Crippen molar-refractivity contribution in [3.8, 4) is 16.5 Å². The van der Waals surface area contributed by atoms with Crippen LogP contribution in [0, 0.1) is 0 Å². The Hall–Kier alpha value is -1.44. The van der Waals surface area contributed by atoms with E-state index < -0.39 is 0 Å². The Morgan fingerprint density at radius 3 is 3.11 bits per heavy atom. The van der Waals surface area contributed by atoms with Gasteiger partial charge in [-0.15, -0.1) is 11.3 Å². The zero-order valence-corrected chi connectivity index (χ0v) is 11.1. The molecule has 0 spiro atoms. The summed E-state index contributed by atoms with van der Waals surface area (Å²) in [6.07, 6.45) is 0. The van der Waals surface area contributed by atoms with Crippen molar-refractivity contribution in [2.75, 3.05) is 20.3 Å². The van der Waals surface area contributed by atoms with Gasteiger partial charge >= 0.3 is 0 Å². The van der Waals surface area contributed by atoms with E-state index >= 15 is 0 Å². The molecule has 0 aliphatic carbocycles. The summed E-state index contributed by atoms with van der Waals surface area (Å²) in [6.45, 7) is 2.89. The molecule has 0 fully saturated rings. The van der Waals surface area contributed by atoms with Gasteiger partial charge in [0.25, 0.3) is 5.89 Å². The van der Waals surface area contributed by atoms with Crippen LogP contribution in [0.4, 0.5) is 0 Å². The number of rotatable bonds is 6. The van der Waals surface area contributed by atoms with Crippen LogP contribution in [0.2, 0.25) is 0 Å². The predicted octanol–water partition coefficient (Wildman–Crippen LogP) is 1.84. The SMILES string of the molecule is CCOCC(N)c1noc(-c2sccc2OC)n1. The number of hydrogen-bond donors (Lipinski definition) is 1. The Bertz CT molecular complexity index is 497. The Balaban J connectivity index is 2.15. The van der Waals surface area contributed by atoms with Crippen molar-refractivity contribution in [1.29, 1.82) is 0 Å². The molecule has 0 aromatic carbocycles. The van der Waals surface area contributed by atoms with Crippen LogP contribution in [0.3, 0.4) is 0 Å². The van der Waals surface area contributed by atoms with Gasteiger partial charge < -0.3 is 19.7 Å². The van der Waals surface area contributed by atoms with Crippen molar-refractivity contribution in [1.82, 2.24) is 10.1 Å². The molecular formula is C11H15N3O3S. The van der Waals surface area contributed by atoms with Gasteiger partial charge in [-0.1, -0.05) is 5.16 Å². The molecule has 6 nitrogen and oxygen atoms in total. The lowest BCUT2D eigenvalue weighted by Gasteiger charge is -2.05. The molecule has 98 valence electrons. The van der Waals surface area contributed by atoms with E-state index in [1.165, 1.54) is 11.3 Å². The monoisotopic (exact) mass is 269 g/mol. The number of hydrogen-bond acceptors (Lipinski definition) is 7. The molecule has 18 heavy (non-hydrogen) atoms. The highest BCUT2D eigenvalue weighted by atomic mass is 32.1. The van der Waals surface area contributed by atoms with Crippen LogP contribution in [-0.2, 0) is 4.74 Å². The highest BCUT2D eigenvalue weighted by Crippen LogP contribution is 2.34. The molecular weight excluding hydrogens is 254 g/mol. The summed E-state index contributed by atoms with van der Waals surface area (Å²) in [6, 6.07) is 1.47. The first-order valence-corrected chi connectivity index (χ1v) is 6.43. The first-order valence-electron chi connectivity index (χ1n) is 5.55. The van der Waals surface area contributed by atoms with Gasteiger partial charge in [0.1, 0.15) is 10.6 Å². The minimum Gasteiger partial charge on any atom is -0.495 e. The maximum Gasteiger partial charge on any atom is 0.271 e. The minimum absolute atomic E-state index is 0.372. The number of nitrogens with zero attached hydrogens (tertiary/aromatic N) is 2. The molecule has 2 rings (SSSR count). The Morgan fingerprint density at radius 1 is 1.56 bits per heavy atom. The van der Waals surface area contributed by atoms with Gasteiger partial charge in [0.2, 0.25) is 0 Å². The average Bonchev–Trinajstić information content (AvgIpc) is 3.02. The fourth-order valence-electron chi connectivity index (χ4n) is 1.41. The van der Waals surface area contributed by atoms with E-state index in [1.54, 1.807) is 7.11 Å². The number of nitrogens with two attached hydrogens (primary N) is 1. The molecule has 0 aliphatic rings. The van der Waals surface area contributed by atoms with E-state index in [0.717, 1.165) is 4.88 Å². The molecule has 2 heterocycles. The van der Waals surface area contributed by atoms with Crippen molar-refractivity contribution in [2.24, 2.45) is 5.73 Å². The minimum atomic E-state index is -0.381. The second kappa shape index (κ2) is 5.94. The third-order valence-electron chi connectivity index (χ3n) is 2.32. The molecule has 7 heteroatoms. The van der Waals surface area contributed by atoms with Crippen molar-refractivity contribution in [3.05, 3.63) is 17.3 Å². The van der Waals surface area contributed by atoms with Gasteiger partial charge in [-0.2, -0.15) is 4.98 Å². The van der Waals surface area contributed by atoms with Crippen LogP contribution in [0.15, 0.2) is 16.0 Å². The summed E-state index contributed by atoms with van der Waals surface area (Å²) in [5.41, 5.74) is 5.88. The first kappa shape index (κ1) is 13.0.